The van der Waals surface area contributed by atoms with Crippen LogP contribution in [0, 0.1) is 0 Å². The summed E-state index contributed by atoms with van der Waals surface area (Å²) in [6.45, 7) is 15.1. The summed E-state index contributed by atoms with van der Waals surface area (Å²) in [5.41, 5.74) is 2.04. The second-order valence-electron chi connectivity index (χ2n) is 5.98. The van der Waals surface area contributed by atoms with Crippen molar-refractivity contribution in [2.45, 2.75) is 57.5 Å². The van der Waals surface area contributed by atoms with Crippen LogP contribution in [0.1, 0.15) is 48.0 Å². The summed E-state index contributed by atoms with van der Waals surface area (Å²) in [6, 6.07) is 0. The van der Waals surface area contributed by atoms with E-state index in [1.54, 1.807) is 0 Å². The van der Waals surface area contributed by atoms with Crippen LogP contribution < -0.4 is 0 Å². The van der Waals surface area contributed by atoms with Crippen LogP contribution in [-0.2, 0) is 25.3 Å². The quantitative estimate of drug-likeness (QED) is 0.372. The van der Waals surface area contributed by atoms with Crippen molar-refractivity contribution in [2.75, 3.05) is 26.2 Å². The van der Waals surface area contributed by atoms with Crippen LogP contribution in [0.4, 0.5) is 0 Å². The summed E-state index contributed by atoms with van der Waals surface area (Å²) in [5.74, 6) is 0. The molecule has 5 heteroatoms. The van der Waals surface area contributed by atoms with E-state index in [1.807, 2.05) is 41.5 Å². The third kappa shape index (κ3) is 9.83. The van der Waals surface area contributed by atoms with Gasteiger partial charge in [-0.2, -0.15) is 0 Å². The van der Waals surface area contributed by atoms with Crippen molar-refractivity contribution >= 4 is 36.7 Å². The number of rotatable bonds is 9. The van der Waals surface area contributed by atoms with Gasteiger partial charge in [0, 0.05) is 13.1 Å². The van der Waals surface area contributed by atoms with Crippen molar-refractivity contribution < 1.29 is 0 Å². The first-order valence-corrected chi connectivity index (χ1v) is 7.94. The summed E-state index contributed by atoms with van der Waals surface area (Å²) in [4.78, 5) is 8.94. The zero-order valence-corrected chi connectivity index (χ0v) is 15.3. The second-order valence-corrected chi connectivity index (χ2v) is 8.02. The molecule has 0 heterocycles. The highest BCUT2D eigenvalue weighted by Crippen LogP contribution is 2.07. The first kappa shape index (κ1) is 20.0. The lowest BCUT2D eigenvalue weighted by atomic mass is 10.1. The summed E-state index contributed by atoms with van der Waals surface area (Å²) in [7, 11) is 0. The van der Waals surface area contributed by atoms with Crippen LogP contribution in [0.25, 0.3) is 5.32 Å². The minimum atomic E-state index is -0.247. The van der Waals surface area contributed by atoms with Crippen molar-refractivity contribution in [3.63, 3.8) is 0 Å². The molecular weight excluding hydrogens is 286 g/mol. The van der Waals surface area contributed by atoms with Crippen LogP contribution in [0.5, 0.6) is 0 Å². The van der Waals surface area contributed by atoms with Gasteiger partial charge in [-0.1, -0.05) is 34.1 Å². The minimum Gasteiger partial charge on any atom is -0.781 e. The van der Waals surface area contributed by atoms with E-state index in [2.05, 4.69) is 15.3 Å². The fraction of sp³-hybridized carbons (Fsp3) is 0.867. The molecule has 0 atom stereocenters. The number of hydrogen-bond donors (Lipinski definition) is 0. The van der Waals surface area contributed by atoms with Gasteiger partial charge < -0.3 is 30.6 Å². The Morgan fingerprint density at radius 1 is 0.850 bits per heavy atom. The van der Waals surface area contributed by atoms with Gasteiger partial charge in [0.25, 0.3) is 0 Å². The van der Waals surface area contributed by atoms with Gasteiger partial charge in [-0.15, -0.1) is 22.6 Å². The number of nitrogens with zero attached hydrogens (tertiary/aromatic N) is 3. The Hall–Kier alpha value is -0.000000000000000111. The first-order chi connectivity index (χ1) is 9.05. The van der Waals surface area contributed by atoms with E-state index in [-0.39, 0.29) is 9.49 Å². The molecule has 0 aromatic carbocycles. The Labute approximate surface area is 135 Å². The highest BCUT2D eigenvalue weighted by molar-refractivity contribution is 7.61. The van der Waals surface area contributed by atoms with Crippen LogP contribution in [0.3, 0.4) is 0 Å². The highest BCUT2D eigenvalue weighted by Gasteiger charge is 2.03. The lowest BCUT2D eigenvalue weighted by Gasteiger charge is -2.32. The van der Waals surface area contributed by atoms with Crippen LogP contribution >= 0.6 is 0 Å². The van der Waals surface area contributed by atoms with Gasteiger partial charge in [0.1, 0.15) is 0 Å². The molecule has 0 aliphatic heterocycles. The number of aliphatic imine (C=N–C) groups is 2. The zero-order valence-electron chi connectivity index (χ0n) is 13.7. The monoisotopic (exact) mass is 314 g/mol. The SMILES string of the molecule is CC(=NCCC[N-]CCN=C(C)C(C)(C)[S-])C(C)(C)[S-]. The molecule has 0 rings (SSSR count). The van der Waals surface area contributed by atoms with Gasteiger partial charge in [-0.25, -0.2) is 0 Å². The maximum absolute atomic E-state index is 5.32. The van der Waals surface area contributed by atoms with E-state index in [1.165, 1.54) is 0 Å². The summed E-state index contributed by atoms with van der Waals surface area (Å²) in [5, 5.41) is 4.45. The van der Waals surface area contributed by atoms with Gasteiger partial charge in [-0.05, 0) is 25.3 Å². The molecule has 0 N–H and O–H groups in total. The topological polar surface area (TPSA) is 38.8 Å². The Morgan fingerprint density at radius 3 is 1.75 bits per heavy atom. The molecule has 0 aliphatic carbocycles. The van der Waals surface area contributed by atoms with E-state index in [4.69, 9.17) is 25.3 Å². The third-order valence-corrected chi connectivity index (χ3v) is 3.76. The fourth-order valence-electron chi connectivity index (χ4n) is 1.21. The predicted octanol–water partition coefficient (Wildman–Crippen LogP) is 3.32. The standard InChI is InChI=1S/C15H30N3S2/c1-12(14(3,4)19)17-9-7-8-16-10-11-18-13(2)15(5,6)20/h19-20H,7-11H2,1-6H3/q-1/p-2. The molecule has 0 saturated carbocycles. The molecule has 0 bridgehead atoms. The molecule has 20 heavy (non-hydrogen) atoms. The highest BCUT2D eigenvalue weighted by atomic mass is 32.1. The summed E-state index contributed by atoms with van der Waals surface area (Å²) < 4.78 is -0.482. The molecular formula is C15H28N3S2-3. The van der Waals surface area contributed by atoms with E-state index >= 15 is 0 Å². The van der Waals surface area contributed by atoms with E-state index < -0.39 is 0 Å². The maximum atomic E-state index is 5.32. The van der Waals surface area contributed by atoms with Crippen molar-refractivity contribution in [3.8, 4) is 0 Å². The molecule has 0 aromatic rings. The fourth-order valence-corrected chi connectivity index (χ4v) is 1.34. The Bertz CT molecular complexity index is 302. The average Bonchev–Trinajstić information content (AvgIpc) is 2.29. The van der Waals surface area contributed by atoms with E-state index in [0.717, 1.165) is 44.0 Å². The molecule has 0 amide bonds. The first-order valence-electron chi connectivity index (χ1n) is 7.12. The normalized spacial score (nSPS) is 14.8. The Morgan fingerprint density at radius 2 is 1.30 bits per heavy atom. The molecule has 0 fully saturated rings. The molecule has 118 valence electrons. The van der Waals surface area contributed by atoms with E-state index in [9.17, 15) is 0 Å². The molecule has 0 aliphatic rings. The van der Waals surface area contributed by atoms with Crippen LogP contribution in [0.15, 0.2) is 9.98 Å². The Balaban J connectivity index is 3.70. The minimum absolute atomic E-state index is 0.236. The van der Waals surface area contributed by atoms with Crippen LogP contribution in [0.2, 0.25) is 0 Å². The second kappa shape index (κ2) is 9.11. The number of hydrogen-bond acceptors (Lipinski definition) is 4. The van der Waals surface area contributed by atoms with Gasteiger partial charge in [0.05, 0.1) is 0 Å². The van der Waals surface area contributed by atoms with Crippen molar-refractivity contribution in [1.82, 2.24) is 0 Å². The molecule has 3 nitrogen and oxygen atoms in total. The summed E-state index contributed by atoms with van der Waals surface area (Å²) >= 11 is 10.6. The van der Waals surface area contributed by atoms with E-state index in [0.29, 0.717) is 0 Å². The lowest BCUT2D eigenvalue weighted by molar-refractivity contribution is 0.840. The van der Waals surface area contributed by atoms with Gasteiger partial charge in [0.2, 0.25) is 0 Å². The summed E-state index contributed by atoms with van der Waals surface area (Å²) in [6.07, 6.45) is 0.970. The van der Waals surface area contributed by atoms with Crippen molar-refractivity contribution in [2.24, 2.45) is 9.98 Å². The molecule has 0 aromatic heterocycles. The maximum Gasteiger partial charge on any atom is 0.0371 e. The molecule has 0 unspecified atom stereocenters. The average molecular weight is 315 g/mol. The Kier molecular flexibility index (Phi) is 9.11. The zero-order chi connectivity index (χ0) is 15.8. The van der Waals surface area contributed by atoms with Crippen LogP contribution in [-0.4, -0.2) is 47.1 Å². The van der Waals surface area contributed by atoms with Crippen molar-refractivity contribution in [1.29, 1.82) is 0 Å². The molecule has 0 spiro atoms. The van der Waals surface area contributed by atoms with Gasteiger partial charge in [0.15, 0.2) is 0 Å². The van der Waals surface area contributed by atoms with Gasteiger partial charge >= 0.3 is 0 Å². The van der Waals surface area contributed by atoms with Crippen molar-refractivity contribution in [3.05, 3.63) is 5.32 Å². The molecule has 0 radical (unpaired) electrons. The largest absolute Gasteiger partial charge is 0.781 e. The predicted molar refractivity (Wildman–Crippen MR) is 96.6 cm³/mol. The smallest absolute Gasteiger partial charge is 0.0371 e. The lowest BCUT2D eigenvalue weighted by Crippen LogP contribution is -2.26. The molecule has 0 saturated heterocycles. The third-order valence-electron chi connectivity index (χ3n) is 3.17. The van der Waals surface area contributed by atoms with Gasteiger partial charge in [-0.3, -0.25) is 9.98 Å².